The molecule has 154 valence electrons. The van der Waals surface area contributed by atoms with Gasteiger partial charge in [0.1, 0.15) is 0 Å². The third-order valence-electron chi connectivity index (χ3n) is 4.96. The van der Waals surface area contributed by atoms with Gasteiger partial charge >= 0.3 is 0 Å². The molecule has 0 aliphatic heterocycles. The van der Waals surface area contributed by atoms with Crippen molar-refractivity contribution in [3.63, 3.8) is 0 Å². The van der Waals surface area contributed by atoms with Gasteiger partial charge in [-0.3, -0.25) is 9.59 Å². The van der Waals surface area contributed by atoms with E-state index in [0.29, 0.717) is 17.8 Å². The van der Waals surface area contributed by atoms with E-state index in [0.717, 1.165) is 21.3 Å². The van der Waals surface area contributed by atoms with Gasteiger partial charge in [0.15, 0.2) is 0 Å². The second-order valence-corrected chi connectivity index (χ2v) is 7.94. The lowest BCUT2D eigenvalue weighted by atomic mass is 10.1. The molecule has 5 heteroatoms. The third-order valence-corrected chi connectivity index (χ3v) is 5.80. The first-order valence-electron chi connectivity index (χ1n) is 10.1. The summed E-state index contributed by atoms with van der Waals surface area (Å²) in [6.07, 6.45) is 3.28. The van der Waals surface area contributed by atoms with Crippen LogP contribution in [0.3, 0.4) is 0 Å². The quantitative estimate of drug-likeness (QED) is 0.372. The number of carbonyl (C=O) groups excluding carboxylic acids is 2. The van der Waals surface area contributed by atoms with Gasteiger partial charge < -0.3 is 10.2 Å². The average molecular weight is 427 g/mol. The van der Waals surface area contributed by atoms with E-state index in [9.17, 15) is 9.59 Å². The monoisotopic (exact) mass is 426 g/mol. The van der Waals surface area contributed by atoms with Crippen LogP contribution in [0.5, 0.6) is 0 Å². The molecule has 0 bridgehead atoms. The summed E-state index contributed by atoms with van der Waals surface area (Å²) in [5, 5.41) is 6.93. The fourth-order valence-corrected chi connectivity index (χ4v) is 4.06. The highest BCUT2D eigenvalue weighted by Crippen LogP contribution is 2.28. The molecule has 0 spiro atoms. The number of fused-ring (bicyclic) bond motifs is 1. The molecule has 31 heavy (non-hydrogen) atoms. The van der Waals surface area contributed by atoms with E-state index in [-0.39, 0.29) is 11.8 Å². The van der Waals surface area contributed by atoms with Crippen LogP contribution in [0.1, 0.15) is 22.2 Å². The van der Waals surface area contributed by atoms with Crippen molar-refractivity contribution < 1.29 is 9.59 Å². The molecule has 0 aliphatic rings. The van der Waals surface area contributed by atoms with Gasteiger partial charge in [0.05, 0.1) is 5.69 Å². The van der Waals surface area contributed by atoms with Crippen LogP contribution in [0.15, 0.2) is 90.3 Å². The molecule has 4 aromatic rings. The van der Waals surface area contributed by atoms with Crippen LogP contribution in [-0.4, -0.2) is 18.4 Å². The van der Waals surface area contributed by atoms with Gasteiger partial charge in [0.25, 0.3) is 5.91 Å². The molecule has 0 atom stereocenters. The highest BCUT2D eigenvalue weighted by Gasteiger charge is 2.18. The number of nitrogens with zero attached hydrogens (tertiary/aromatic N) is 1. The van der Waals surface area contributed by atoms with Crippen molar-refractivity contribution in [2.75, 3.05) is 16.8 Å². The zero-order valence-electron chi connectivity index (χ0n) is 17.1. The number of hydrogen-bond acceptors (Lipinski definition) is 3. The first-order chi connectivity index (χ1) is 15.2. The summed E-state index contributed by atoms with van der Waals surface area (Å²) in [7, 11) is 0. The number of carbonyl (C=O) groups is 2. The van der Waals surface area contributed by atoms with Crippen LogP contribution in [-0.2, 0) is 4.79 Å². The molecule has 2 amide bonds. The summed E-state index contributed by atoms with van der Waals surface area (Å²) in [5.74, 6) is -0.285. The van der Waals surface area contributed by atoms with Crippen molar-refractivity contribution >= 4 is 51.4 Å². The summed E-state index contributed by atoms with van der Waals surface area (Å²) in [6.45, 7) is 2.52. The number of benzene rings is 3. The standard InChI is InChI=1S/C26H22N2O2S/c1-2-28(24-11-5-8-19-7-3-4-10-23(19)24)26(30)20-12-14-21(15-13-20)27-25(29)17-16-22-9-6-18-31-22/h3-18H,2H2,1H3,(H,27,29). The van der Waals surface area contributed by atoms with Gasteiger partial charge in [0, 0.05) is 34.1 Å². The molecular formula is C26H22N2O2S. The molecule has 3 aromatic carbocycles. The minimum atomic E-state index is -0.210. The predicted octanol–water partition coefficient (Wildman–Crippen LogP) is 6.22. The minimum Gasteiger partial charge on any atom is -0.323 e. The average Bonchev–Trinajstić information content (AvgIpc) is 3.32. The summed E-state index contributed by atoms with van der Waals surface area (Å²) < 4.78 is 0. The molecule has 1 aromatic heterocycles. The van der Waals surface area contributed by atoms with Crippen LogP contribution in [0.25, 0.3) is 16.8 Å². The third kappa shape index (κ3) is 4.73. The summed E-state index contributed by atoms with van der Waals surface area (Å²) in [4.78, 5) is 28.1. The number of thiophene rings is 1. The van der Waals surface area contributed by atoms with E-state index in [1.54, 1.807) is 46.6 Å². The molecule has 4 nitrogen and oxygen atoms in total. The van der Waals surface area contributed by atoms with Crippen LogP contribution >= 0.6 is 11.3 Å². The molecule has 0 saturated heterocycles. The Balaban J connectivity index is 1.50. The Labute approximate surface area is 185 Å². The largest absolute Gasteiger partial charge is 0.323 e. The minimum absolute atomic E-state index is 0.0747. The van der Waals surface area contributed by atoms with Gasteiger partial charge in [-0.1, -0.05) is 42.5 Å². The maximum absolute atomic E-state index is 13.2. The Kier molecular flexibility index (Phi) is 6.24. The summed E-state index contributed by atoms with van der Waals surface area (Å²) >= 11 is 1.57. The number of rotatable bonds is 6. The molecule has 0 fully saturated rings. The van der Waals surface area contributed by atoms with Crippen LogP contribution < -0.4 is 10.2 Å². The Bertz CT molecular complexity index is 1220. The van der Waals surface area contributed by atoms with E-state index in [2.05, 4.69) is 5.32 Å². The first-order valence-corrected chi connectivity index (χ1v) is 11.0. The van der Waals surface area contributed by atoms with Crippen molar-refractivity contribution in [2.24, 2.45) is 0 Å². The lowest BCUT2D eigenvalue weighted by Gasteiger charge is -2.23. The highest BCUT2D eigenvalue weighted by molar-refractivity contribution is 7.10. The fraction of sp³-hybridized carbons (Fsp3) is 0.0769. The lowest BCUT2D eigenvalue weighted by Crippen LogP contribution is -2.30. The summed E-state index contributed by atoms with van der Waals surface area (Å²) in [6, 6.07) is 24.9. The van der Waals surface area contributed by atoms with Crippen LogP contribution in [0.4, 0.5) is 11.4 Å². The maximum atomic E-state index is 13.2. The van der Waals surface area contributed by atoms with E-state index in [1.165, 1.54) is 6.08 Å². The van der Waals surface area contributed by atoms with Gasteiger partial charge in [-0.2, -0.15) is 0 Å². The maximum Gasteiger partial charge on any atom is 0.258 e. The number of amides is 2. The normalized spacial score (nSPS) is 11.0. The Hall–Kier alpha value is -3.70. The second kappa shape index (κ2) is 9.41. The number of anilines is 2. The second-order valence-electron chi connectivity index (χ2n) is 6.96. The van der Waals surface area contributed by atoms with E-state index in [4.69, 9.17) is 0 Å². The summed E-state index contributed by atoms with van der Waals surface area (Å²) in [5.41, 5.74) is 2.11. The zero-order valence-corrected chi connectivity index (χ0v) is 17.9. The van der Waals surface area contributed by atoms with Gasteiger partial charge in [-0.05, 0) is 60.2 Å². The lowest BCUT2D eigenvalue weighted by molar-refractivity contribution is -0.111. The highest BCUT2D eigenvalue weighted by atomic mass is 32.1. The van der Waals surface area contributed by atoms with Crippen molar-refractivity contribution in [2.45, 2.75) is 6.92 Å². The molecule has 0 aliphatic carbocycles. The van der Waals surface area contributed by atoms with Crippen LogP contribution in [0.2, 0.25) is 0 Å². The number of nitrogens with one attached hydrogen (secondary N) is 1. The van der Waals surface area contributed by atoms with Gasteiger partial charge in [0.2, 0.25) is 5.91 Å². The van der Waals surface area contributed by atoms with E-state index >= 15 is 0 Å². The molecule has 0 unspecified atom stereocenters. The van der Waals surface area contributed by atoms with E-state index < -0.39 is 0 Å². The SMILES string of the molecule is CCN(C(=O)c1ccc(NC(=O)C=Cc2cccs2)cc1)c1cccc2ccccc12. The van der Waals surface area contributed by atoms with Crippen molar-refractivity contribution in [1.29, 1.82) is 0 Å². The Morgan fingerprint density at radius 1 is 0.935 bits per heavy atom. The fourth-order valence-electron chi connectivity index (χ4n) is 3.45. The van der Waals surface area contributed by atoms with Crippen molar-refractivity contribution in [1.82, 2.24) is 0 Å². The van der Waals surface area contributed by atoms with E-state index in [1.807, 2.05) is 66.9 Å². The van der Waals surface area contributed by atoms with Gasteiger partial charge in [-0.25, -0.2) is 0 Å². The number of hydrogen-bond donors (Lipinski definition) is 1. The molecule has 0 saturated carbocycles. The Morgan fingerprint density at radius 2 is 1.71 bits per heavy atom. The predicted molar refractivity (Wildman–Crippen MR) is 130 cm³/mol. The molecule has 1 N–H and O–H groups in total. The molecule has 1 heterocycles. The van der Waals surface area contributed by atoms with Crippen LogP contribution in [0, 0.1) is 0 Å². The Morgan fingerprint density at radius 3 is 2.45 bits per heavy atom. The smallest absolute Gasteiger partial charge is 0.258 e. The molecule has 4 rings (SSSR count). The topological polar surface area (TPSA) is 49.4 Å². The van der Waals surface area contributed by atoms with Crippen molar-refractivity contribution in [3.8, 4) is 0 Å². The first kappa shape index (κ1) is 20.6. The van der Waals surface area contributed by atoms with Crippen molar-refractivity contribution in [3.05, 3.63) is 101 Å². The van der Waals surface area contributed by atoms with Gasteiger partial charge in [-0.15, -0.1) is 11.3 Å². The molecule has 0 radical (unpaired) electrons. The zero-order chi connectivity index (χ0) is 21.6. The molecular weight excluding hydrogens is 404 g/mol.